The van der Waals surface area contributed by atoms with Gasteiger partial charge in [-0.2, -0.15) is 0 Å². The van der Waals surface area contributed by atoms with Crippen molar-refractivity contribution < 1.29 is 9.59 Å². The summed E-state index contributed by atoms with van der Waals surface area (Å²) in [6.07, 6.45) is 2.83. The summed E-state index contributed by atoms with van der Waals surface area (Å²) in [5.41, 5.74) is 6.73. The molecule has 0 bridgehead atoms. The molecule has 3 N–H and O–H groups in total. The Balaban J connectivity index is 2.60. The molecular weight excluding hydrogens is 180 g/mol. The molecule has 0 heterocycles. The molecule has 0 fully saturated rings. The number of hydrogen-bond donors (Lipinski definition) is 2. The SMILES string of the molecule is Nc1ccc(NC(=O)/C=C\C=O)cc1. The first-order valence-electron chi connectivity index (χ1n) is 4.01. The number of carbonyl (C=O) groups is 2. The van der Waals surface area contributed by atoms with Crippen LogP contribution in [0.5, 0.6) is 0 Å². The monoisotopic (exact) mass is 190 g/mol. The number of hydrogen-bond acceptors (Lipinski definition) is 3. The summed E-state index contributed by atoms with van der Waals surface area (Å²) < 4.78 is 0. The molecule has 0 aromatic heterocycles. The summed E-state index contributed by atoms with van der Waals surface area (Å²) in [5, 5.41) is 2.56. The van der Waals surface area contributed by atoms with Crippen molar-refractivity contribution in [3.8, 4) is 0 Å². The lowest BCUT2D eigenvalue weighted by Crippen LogP contribution is -2.07. The average Bonchev–Trinajstić information content (AvgIpc) is 2.18. The molecule has 72 valence electrons. The average molecular weight is 190 g/mol. The van der Waals surface area contributed by atoms with Gasteiger partial charge in [0.25, 0.3) is 0 Å². The molecule has 0 spiro atoms. The molecule has 0 radical (unpaired) electrons. The van der Waals surface area contributed by atoms with Crippen LogP contribution in [0.1, 0.15) is 0 Å². The number of nitrogen functional groups attached to an aromatic ring is 1. The number of benzene rings is 1. The smallest absolute Gasteiger partial charge is 0.248 e. The first-order valence-corrected chi connectivity index (χ1v) is 4.01. The third-order valence-electron chi connectivity index (χ3n) is 1.50. The second-order valence-corrected chi connectivity index (χ2v) is 2.61. The highest BCUT2D eigenvalue weighted by Crippen LogP contribution is 2.09. The Bertz CT molecular complexity index is 355. The van der Waals surface area contributed by atoms with E-state index >= 15 is 0 Å². The van der Waals surface area contributed by atoms with Crippen LogP contribution in [0.25, 0.3) is 0 Å². The quantitative estimate of drug-likeness (QED) is 0.423. The van der Waals surface area contributed by atoms with Crippen molar-refractivity contribution in [1.82, 2.24) is 0 Å². The van der Waals surface area contributed by atoms with Gasteiger partial charge >= 0.3 is 0 Å². The van der Waals surface area contributed by atoms with Crippen LogP contribution in [0.15, 0.2) is 36.4 Å². The van der Waals surface area contributed by atoms with Crippen molar-refractivity contribution in [2.75, 3.05) is 11.1 Å². The van der Waals surface area contributed by atoms with Crippen molar-refractivity contribution in [2.45, 2.75) is 0 Å². The molecule has 0 aliphatic carbocycles. The van der Waals surface area contributed by atoms with Gasteiger partial charge in [-0.15, -0.1) is 0 Å². The molecule has 0 saturated carbocycles. The van der Waals surface area contributed by atoms with Gasteiger partial charge in [-0.25, -0.2) is 0 Å². The molecule has 0 aliphatic rings. The Labute approximate surface area is 81.4 Å². The number of allylic oxidation sites excluding steroid dienone is 1. The minimum absolute atomic E-state index is 0.345. The summed E-state index contributed by atoms with van der Waals surface area (Å²) in [7, 11) is 0. The summed E-state index contributed by atoms with van der Waals surface area (Å²) in [5.74, 6) is -0.345. The summed E-state index contributed by atoms with van der Waals surface area (Å²) in [6, 6.07) is 6.72. The van der Waals surface area contributed by atoms with Crippen molar-refractivity contribution in [1.29, 1.82) is 0 Å². The minimum atomic E-state index is -0.345. The second kappa shape index (κ2) is 4.81. The van der Waals surface area contributed by atoms with Crippen LogP contribution in [-0.4, -0.2) is 12.2 Å². The van der Waals surface area contributed by atoms with Crippen molar-refractivity contribution in [3.63, 3.8) is 0 Å². The van der Waals surface area contributed by atoms with E-state index in [2.05, 4.69) is 5.32 Å². The molecule has 0 atom stereocenters. The van der Waals surface area contributed by atoms with Crippen LogP contribution >= 0.6 is 0 Å². The molecule has 1 aromatic rings. The first-order chi connectivity index (χ1) is 6.72. The van der Waals surface area contributed by atoms with Gasteiger partial charge in [0.05, 0.1) is 0 Å². The van der Waals surface area contributed by atoms with E-state index in [1.54, 1.807) is 24.3 Å². The van der Waals surface area contributed by atoms with Gasteiger partial charge < -0.3 is 11.1 Å². The van der Waals surface area contributed by atoms with Gasteiger partial charge in [-0.05, 0) is 30.3 Å². The molecule has 1 amide bonds. The highest BCUT2D eigenvalue weighted by Gasteiger charge is 1.95. The lowest BCUT2D eigenvalue weighted by atomic mass is 10.3. The predicted octanol–water partition coefficient (Wildman–Crippen LogP) is 0.962. The van der Waals surface area contributed by atoms with E-state index in [4.69, 9.17) is 5.73 Å². The van der Waals surface area contributed by atoms with E-state index in [0.717, 1.165) is 12.2 Å². The van der Waals surface area contributed by atoms with Gasteiger partial charge in [-0.3, -0.25) is 9.59 Å². The highest BCUT2D eigenvalue weighted by atomic mass is 16.1. The largest absolute Gasteiger partial charge is 0.399 e. The summed E-state index contributed by atoms with van der Waals surface area (Å²) >= 11 is 0. The minimum Gasteiger partial charge on any atom is -0.399 e. The normalized spacial score (nSPS) is 10.0. The zero-order valence-electron chi connectivity index (χ0n) is 7.44. The maximum Gasteiger partial charge on any atom is 0.248 e. The molecule has 0 saturated heterocycles. The van der Waals surface area contributed by atoms with E-state index < -0.39 is 0 Å². The summed E-state index contributed by atoms with van der Waals surface area (Å²) in [4.78, 5) is 21.0. The molecule has 1 rings (SSSR count). The van der Waals surface area contributed by atoms with Crippen LogP contribution in [0.2, 0.25) is 0 Å². The zero-order chi connectivity index (χ0) is 10.4. The van der Waals surface area contributed by atoms with Crippen LogP contribution in [0, 0.1) is 0 Å². The number of amides is 1. The van der Waals surface area contributed by atoms with Gasteiger partial charge in [0.15, 0.2) is 0 Å². The molecular formula is C10H10N2O2. The topological polar surface area (TPSA) is 72.2 Å². The number of anilines is 2. The Kier molecular flexibility index (Phi) is 3.43. The van der Waals surface area contributed by atoms with E-state index in [-0.39, 0.29) is 5.91 Å². The number of rotatable bonds is 3. The van der Waals surface area contributed by atoms with E-state index in [0.29, 0.717) is 17.7 Å². The number of carbonyl (C=O) groups excluding carboxylic acids is 2. The van der Waals surface area contributed by atoms with E-state index in [1.807, 2.05) is 0 Å². The fourth-order valence-corrected chi connectivity index (χ4v) is 0.877. The van der Waals surface area contributed by atoms with Crippen LogP contribution in [0.3, 0.4) is 0 Å². The van der Waals surface area contributed by atoms with Crippen molar-refractivity contribution >= 4 is 23.6 Å². The van der Waals surface area contributed by atoms with Crippen LogP contribution in [-0.2, 0) is 9.59 Å². The maximum absolute atomic E-state index is 11.1. The Morgan fingerprint density at radius 3 is 2.50 bits per heavy atom. The highest BCUT2D eigenvalue weighted by molar-refractivity contribution is 6.01. The third-order valence-corrected chi connectivity index (χ3v) is 1.50. The number of aldehydes is 1. The van der Waals surface area contributed by atoms with Crippen LogP contribution in [0.4, 0.5) is 11.4 Å². The summed E-state index contributed by atoms with van der Waals surface area (Å²) in [6.45, 7) is 0. The first kappa shape index (κ1) is 9.98. The standard InChI is InChI=1S/C10H10N2O2/c11-8-3-5-9(6-4-8)12-10(14)2-1-7-13/h1-7H,11H2,(H,12,14)/b2-1-. The molecule has 0 unspecified atom stereocenters. The van der Waals surface area contributed by atoms with Gasteiger partial charge in [0, 0.05) is 17.5 Å². The number of nitrogens with two attached hydrogens (primary N) is 1. The predicted molar refractivity (Wildman–Crippen MR) is 54.7 cm³/mol. The molecule has 14 heavy (non-hydrogen) atoms. The van der Waals surface area contributed by atoms with Gasteiger partial charge in [0.1, 0.15) is 6.29 Å². The van der Waals surface area contributed by atoms with Crippen molar-refractivity contribution in [2.24, 2.45) is 0 Å². The Morgan fingerprint density at radius 2 is 1.93 bits per heavy atom. The van der Waals surface area contributed by atoms with Gasteiger partial charge in [-0.1, -0.05) is 0 Å². The van der Waals surface area contributed by atoms with Gasteiger partial charge in [0.2, 0.25) is 5.91 Å². The zero-order valence-corrected chi connectivity index (χ0v) is 7.44. The maximum atomic E-state index is 11.1. The Morgan fingerprint density at radius 1 is 1.29 bits per heavy atom. The molecule has 1 aromatic carbocycles. The van der Waals surface area contributed by atoms with E-state index in [1.165, 1.54) is 0 Å². The second-order valence-electron chi connectivity index (χ2n) is 2.61. The van der Waals surface area contributed by atoms with Crippen LogP contribution < -0.4 is 11.1 Å². The molecule has 0 aliphatic heterocycles. The van der Waals surface area contributed by atoms with Crippen molar-refractivity contribution in [3.05, 3.63) is 36.4 Å². The fourth-order valence-electron chi connectivity index (χ4n) is 0.877. The molecule has 4 nitrogen and oxygen atoms in total. The molecule has 4 heteroatoms. The lowest BCUT2D eigenvalue weighted by molar-refractivity contribution is -0.112. The number of nitrogens with one attached hydrogen (secondary N) is 1. The fraction of sp³-hybridized carbons (Fsp3) is 0. The third kappa shape index (κ3) is 3.10. The van der Waals surface area contributed by atoms with E-state index in [9.17, 15) is 9.59 Å². The Hall–Kier alpha value is -2.10. The lowest BCUT2D eigenvalue weighted by Gasteiger charge is -2.01.